The van der Waals surface area contributed by atoms with Gasteiger partial charge in [-0.2, -0.15) is 0 Å². The third-order valence-corrected chi connectivity index (χ3v) is 5.01. The molecule has 4 nitrogen and oxygen atoms in total. The summed E-state index contributed by atoms with van der Waals surface area (Å²) in [4.78, 5) is 28.6. The fraction of sp³-hybridized carbons (Fsp3) is 0.556. The third kappa shape index (κ3) is 4.80. The number of hydrogen-bond donors (Lipinski definition) is 0. The lowest BCUT2D eigenvalue weighted by molar-refractivity contribution is -0.140. The van der Waals surface area contributed by atoms with Gasteiger partial charge in [0.25, 0.3) is 0 Å². The maximum atomic E-state index is 12.4. The van der Waals surface area contributed by atoms with E-state index in [1.165, 1.54) is 0 Å². The van der Waals surface area contributed by atoms with Crippen LogP contribution in [0.3, 0.4) is 0 Å². The average molecular weight is 381 g/mol. The molecule has 1 aromatic carbocycles. The zero-order valence-electron chi connectivity index (χ0n) is 13.9. The second kappa shape index (κ2) is 8.48. The van der Waals surface area contributed by atoms with Gasteiger partial charge in [-0.25, -0.2) is 0 Å². The van der Waals surface area contributed by atoms with E-state index in [2.05, 4.69) is 15.9 Å². The Morgan fingerprint density at radius 1 is 1.22 bits per heavy atom. The Balaban J connectivity index is 1.86. The number of hydrogen-bond acceptors (Lipinski definition) is 2. The number of nitrogens with zero attached hydrogens (tertiary/aromatic N) is 2. The van der Waals surface area contributed by atoms with Gasteiger partial charge in [0, 0.05) is 36.6 Å². The predicted octanol–water partition coefficient (Wildman–Crippen LogP) is 3.10. The van der Waals surface area contributed by atoms with Crippen molar-refractivity contribution in [1.29, 1.82) is 0 Å². The number of carbonyl (C=O) groups excluding carboxylic acids is 2. The maximum absolute atomic E-state index is 12.4. The fourth-order valence-corrected chi connectivity index (χ4v) is 3.55. The molecule has 0 bridgehead atoms. The second-order valence-corrected chi connectivity index (χ2v) is 6.89. The molecular weight excluding hydrogens is 356 g/mol. The minimum absolute atomic E-state index is 0.0739. The second-order valence-electron chi connectivity index (χ2n) is 5.97. The topological polar surface area (TPSA) is 40.6 Å². The summed E-state index contributed by atoms with van der Waals surface area (Å²) in [5, 5.41) is 0. The zero-order chi connectivity index (χ0) is 16.8. The van der Waals surface area contributed by atoms with Crippen LogP contribution in [0.4, 0.5) is 0 Å². The average Bonchev–Trinajstić information content (AvgIpc) is 2.56. The van der Waals surface area contributed by atoms with Crippen LogP contribution in [0.2, 0.25) is 0 Å². The first-order chi connectivity index (χ1) is 11.0. The molecule has 1 aliphatic rings. The SMILES string of the molecule is CCN(CC)C(=O)C1CCN(C(=O)Cc2cccc(Br)c2)CC1. The van der Waals surface area contributed by atoms with Gasteiger partial charge in [0.05, 0.1) is 6.42 Å². The summed E-state index contributed by atoms with van der Waals surface area (Å²) in [5.41, 5.74) is 1.02. The van der Waals surface area contributed by atoms with E-state index < -0.39 is 0 Å². The molecule has 1 heterocycles. The van der Waals surface area contributed by atoms with E-state index in [0.717, 1.165) is 36.0 Å². The molecule has 0 atom stereocenters. The number of amides is 2. The Morgan fingerprint density at radius 2 is 1.87 bits per heavy atom. The summed E-state index contributed by atoms with van der Waals surface area (Å²) >= 11 is 3.43. The molecule has 0 unspecified atom stereocenters. The minimum atomic E-state index is 0.0739. The zero-order valence-corrected chi connectivity index (χ0v) is 15.5. The van der Waals surface area contributed by atoms with Gasteiger partial charge < -0.3 is 9.80 Å². The molecule has 0 saturated carbocycles. The monoisotopic (exact) mass is 380 g/mol. The van der Waals surface area contributed by atoms with Gasteiger partial charge in [0.15, 0.2) is 0 Å². The third-order valence-electron chi connectivity index (χ3n) is 4.52. The van der Waals surface area contributed by atoms with Gasteiger partial charge in [-0.05, 0) is 44.4 Å². The predicted molar refractivity (Wildman–Crippen MR) is 95.1 cm³/mol. The van der Waals surface area contributed by atoms with Crippen LogP contribution in [0.5, 0.6) is 0 Å². The summed E-state index contributed by atoms with van der Waals surface area (Å²) in [6, 6.07) is 7.85. The molecule has 1 aliphatic heterocycles. The molecule has 5 heteroatoms. The number of likely N-dealkylation sites (tertiary alicyclic amines) is 1. The molecule has 0 spiro atoms. The van der Waals surface area contributed by atoms with E-state index in [1.807, 2.05) is 47.9 Å². The van der Waals surface area contributed by atoms with Gasteiger partial charge in [0.1, 0.15) is 0 Å². The van der Waals surface area contributed by atoms with Crippen LogP contribution < -0.4 is 0 Å². The number of piperidine rings is 1. The lowest BCUT2D eigenvalue weighted by Gasteiger charge is -2.33. The summed E-state index contributed by atoms with van der Waals surface area (Å²) in [5.74, 6) is 0.468. The molecule has 2 amide bonds. The van der Waals surface area contributed by atoms with E-state index in [4.69, 9.17) is 0 Å². The molecule has 0 aromatic heterocycles. The van der Waals surface area contributed by atoms with E-state index in [-0.39, 0.29) is 17.7 Å². The Labute approximate surface area is 147 Å². The molecule has 1 saturated heterocycles. The van der Waals surface area contributed by atoms with Crippen molar-refractivity contribution in [2.45, 2.75) is 33.1 Å². The van der Waals surface area contributed by atoms with Crippen molar-refractivity contribution >= 4 is 27.7 Å². The fourth-order valence-electron chi connectivity index (χ4n) is 3.10. The highest BCUT2D eigenvalue weighted by molar-refractivity contribution is 9.10. The first-order valence-corrected chi connectivity index (χ1v) is 9.15. The smallest absolute Gasteiger partial charge is 0.226 e. The van der Waals surface area contributed by atoms with Crippen molar-refractivity contribution in [2.75, 3.05) is 26.2 Å². The largest absolute Gasteiger partial charge is 0.343 e. The summed E-state index contributed by atoms with van der Waals surface area (Å²) in [6.07, 6.45) is 1.98. The highest BCUT2D eigenvalue weighted by atomic mass is 79.9. The minimum Gasteiger partial charge on any atom is -0.343 e. The first-order valence-electron chi connectivity index (χ1n) is 8.36. The standard InChI is InChI=1S/C18H25BrN2O2/c1-3-20(4-2)18(23)15-8-10-21(11-9-15)17(22)13-14-6-5-7-16(19)12-14/h5-7,12,15H,3-4,8-11,13H2,1-2H3. The van der Waals surface area contributed by atoms with E-state index in [0.29, 0.717) is 19.5 Å². The number of carbonyl (C=O) groups is 2. The summed E-state index contributed by atoms with van der Waals surface area (Å²) in [7, 11) is 0. The highest BCUT2D eigenvalue weighted by Gasteiger charge is 2.29. The van der Waals surface area contributed by atoms with Crippen LogP contribution in [0.1, 0.15) is 32.3 Å². The molecular formula is C18H25BrN2O2. The van der Waals surface area contributed by atoms with Crippen molar-refractivity contribution < 1.29 is 9.59 Å². The molecule has 2 rings (SSSR count). The van der Waals surface area contributed by atoms with Gasteiger partial charge in [-0.1, -0.05) is 28.1 Å². The van der Waals surface area contributed by atoms with E-state index in [1.54, 1.807) is 0 Å². The number of benzene rings is 1. The lowest BCUT2D eigenvalue weighted by atomic mass is 9.94. The number of halogens is 1. The Kier molecular flexibility index (Phi) is 6.63. The summed E-state index contributed by atoms with van der Waals surface area (Å²) in [6.45, 7) is 6.92. The normalized spacial score (nSPS) is 15.5. The van der Waals surface area contributed by atoms with E-state index in [9.17, 15) is 9.59 Å². The molecule has 126 valence electrons. The summed E-state index contributed by atoms with van der Waals surface area (Å²) < 4.78 is 0.992. The van der Waals surface area contributed by atoms with Crippen molar-refractivity contribution in [3.8, 4) is 0 Å². The molecule has 1 fully saturated rings. The Bertz CT molecular complexity index is 550. The van der Waals surface area contributed by atoms with Crippen LogP contribution in [0.15, 0.2) is 28.7 Å². The van der Waals surface area contributed by atoms with Crippen LogP contribution >= 0.6 is 15.9 Å². The molecule has 1 aromatic rings. The molecule has 0 radical (unpaired) electrons. The molecule has 0 aliphatic carbocycles. The Morgan fingerprint density at radius 3 is 2.43 bits per heavy atom. The molecule has 23 heavy (non-hydrogen) atoms. The van der Waals surface area contributed by atoms with Gasteiger partial charge in [-0.3, -0.25) is 9.59 Å². The molecule has 0 N–H and O–H groups in total. The Hall–Kier alpha value is -1.36. The van der Waals surface area contributed by atoms with Crippen molar-refractivity contribution in [1.82, 2.24) is 9.80 Å². The van der Waals surface area contributed by atoms with Gasteiger partial charge in [0.2, 0.25) is 11.8 Å². The quantitative estimate of drug-likeness (QED) is 0.787. The first kappa shape index (κ1) is 18.0. The van der Waals surface area contributed by atoms with Crippen molar-refractivity contribution in [3.05, 3.63) is 34.3 Å². The van der Waals surface area contributed by atoms with Crippen LogP contribution in [-0.2, 0) is 16.0 Å². The van der Waals surface area contributed by atoms with Gasteiger partial charge in [-0.15, -0.1) is 0 Å². The highest BCUT2D eigenvalue weighted by Crippen LogP contribution is 2.21. The van der Waals surface area contributed by atoms with Crippen molar-refractivity contribution in [2.24, 2.45) is 5.92 Å². The number of rotatable bonds is 5. The van der Waals surface area contributed by atoms with Crippen molar-refractivity contribution in [3.63, 3.8) is 0 Å². The lowest BCUT2D eigenvalue weighted by Crippen LogP contribution is -2.44. The van der Waals surface area contributed by atoms with Crippen LogP contribution in [-0.4, -0.2) is 47.8 Å². The maximum Gasteiger partial charge on any atom is 0.226 e. The van der Waals surface area contributed by atoms with Gasteiger partial charge >= 0.3 is 0 Å². The van der Waals surface area contributed by atoms with E-state index >= 15 is 0 Å². The van der Waals surface area contributed by atoms with Crippen LogP contribution in [0.25, 0.3) is 0 Å². The van der Waals surface area contributed by atoms with Crippen LogP contribution in [0, 0.1) is 5.92 Å².